The first kappa shape index (κ1) is 21.0. The Morgan fingerprint density at radius 3 is 2.52 bits per heavy atom. The Morgan fingerprint density at radius 1 is 1.03 bits per heavy atom. The minimum atomic E-state index is -0.0678. The van der Waals surface area contributed by atoms with E-state index in [1.165, 1.54) is 11.8 Å². The molecule has 1 amide bonds. The van der Waals surface area contributed by atoms with E-state index in [0.717, 1.165) is 22.7 Å². The summed E-state index contributed by atoms with van der Waals surface area (Å²) in [6.07, 6.45) is 5.90. The third kappa shape index (κ3) is 4.90. The van der Waals surface area contributed by atoms with E-state index in [4.69, 9.17) is 14.5 Å². The Morgan fingerprint density at radius 2 is 1.81 bits per heavy atom. The molecule has 3 aromatic rings. The molecule has 31 heavy (non-hydrogen) atoms. The predicted molar refractivity (Wildman–Crippen MR) is 125 cm³/mol. The molecular formula is C24H23N3O3S. The molecule has 6 nitrogen and oxygen atoms in total. The zero-order valence-corrected chi connectivity index (χ0v) is 18.2. The lowest BCUT2D eigenvalue weighted by Crippen LogP contribution is -2.32. The molecule has 1 aromatic heterocycles. The van der Waals surface area contributed by atoms with Crippen LogP contribution in [0.5, 0.6) is 5.75 Å². The van der Waals surface area contributed by atoms with Gasteiger partial charge in [0.25, 0.3) is 5.91 Å². The van der Waals surface area contributed by atoms with Gasteiger partial charge in [0.2, 0.25) is 0 Å². The first-order valence-electron chi connectivity index (χ1n) is 9.84. The van der Waals surface area contributed by atoms with E-state index >= 15 is 0 Å². The minimum Gasteiger partial charge on any atom is -0.497 e. The third-order valence-electron chi connectivity index (χ3n) is 4.77. The molecule has 1 fully saturated rings. The molecular weight excluding hydrogens is 410 g/mol. The van der Waals surface area contributed by atoms with Crippen molar-refractivity contribution in [2.75, 3.05) is 27.4 Å². The number of hydrogen-bond donors (Lipinski definition) is 0. The van der Waals surface area contributed by atoms with E-state index in [9.17, 15) is 4.79 Å². The average molecular weight is 434 g/mol. The summed E-state index contributed by atoms with van der Waals surface area (Å²) in [6.45, 7) is 0.880. The van der Waals surface area contributed by atoms with Gasteiger partial charge in [-0.3, -0.25) is 9.69 Å². The van der Waals surface area contributed by atoms with Crippen molar-refractivity contribution in [3.63, 3.8) is 0 Å². The molecule has 1 aliphatic heterocycles. The van der Waals surface area contributed by atoms with Crippen molar-refractivity contribution < 1.29 is 14.3 Å². The molecule has 158 valence electrons. The number of rotatable bonds is 7. The Bertz CT molecular complexity index is 1100. The van der Waals surface area contributed by atoms with Gasteiger partial charge in [-0.05, 0) is 65.9 Å². The number of carbonyl (C=O) groups is 1. The Kier molecular flexibility index (Phi) is 6.54. The van der Waals surface area contributed by atoms with Gasteiger partial charge in [-0.1, -0.05) is 18.2 Å². The number of aliphatic imine (C=N–C) groups is 1. The van der Waals surface area contributed by atoms with Crippen molar-refractivity contribution in [2.24, 2.45) is 4.99 Å². The lowest BCUT2D eigenvalue weighted by Gasteiger charge is -2.14. The maximum Gasteiger partial charge on any atom is 0.266 e. The Labute approximate surface area is 185 Å². The van der Waals surface area contributed by atoms with Gasteiger partial charge in [-0.2, -0.15) is 0 Å². The predicted octanol–water partition coefficient (Wildman–Crippen LogP) is 4.74. The number of amides is 1. The molecule has 2 aromatic carbocycles. The highest BCUT2D eigenvalue weighted by Crippen LogP contribution is 2.34. The molecule has 0 bridgehead atoms. The van der Waals surface area contributed by atoms with Crippen molar-refractivity contribution in [3.8, 4) is 11.4 Å². The minimum absolute atomic E-state index is 0.0678. The van der Waals surface area contributed by atoms with Crippen LogP contribution in [-0.2, 0) is 9.53 Å². The zero-order chi connectivity index (χ0) is 21.6. The van der Waals surface area contributed by atoms with Crippen molar-refractivity contribution in [1.29, 1.82) is 0 Å². The number of nitrogens with zero attached hydrogens (tertiary/aromatic N) is 3. The molecule has 0 N–H and O–H groups in total. The summed E-state index contributed by atoms with van der Waals surface area (Å²) in [5.74, 6) is 0.695. The largest absolute Gasteiger partial charge is 0.497 e. The highest BCUT2D eigenvalue weighted by Gasteiger charge is 2.33. The van der Waals surface area contributed by atoms with Crippen LogP contribution in [0.4, 0.5) is 5.69 Å². The van der Waals surface area contributed by atoms with Crippen molar-refractivity contribution in [3.05, 3.63) is 83.5 Å². The second-order valence-corrected chi connectivity index (χ2v) is 7.85. The lowest BCUT2D eigenvalue weighted by atomic mass is 10.3. The summed E-state index contributed by atoms with van der Waals surface area (Å²) < 4.78 is 12.4. The van der Waals surface area contributed by atoms with Gasteiger partial charge in [-0.15, -0.1) is 0 Å². The number of carbonyl (C=O) groups excluding carboxylic acids is 1. The topological polar surface area (TPSA) is 56.1 Å². The van der Waals surface area contributed by atoms with Crippen LogP contribution < -0.4 is 4.74 Å². The fourth-order valence-electron chi connectivity index (χ4n) is 3.15. The molecule has 0 spiro atoms. The van der Waals surface area contributed by atoms with Gasteiger partial charge < -0.3 is 14.0 Å². The second kappa shape index (κ2) is 9.68. The molecule has 0 aliphatic carbocycles. The summed E-state index contributed by atoms with van der Waals surface area (Å²) in [5, 5.41) is 0.640. The van der Waals surface area contributed by atoms with Gasteiger partial charge in [0.15, 0.2) is 5.17 Å². The SMILES string of the molecule is COCCN1C(=O)/C(=C\c2ccn(-c3ccccc3)c2)SC1=Nc1ccc(OC)cc1. The molecule has 0 saturated carbocycles. The highest BCUT2D eigenvalue weighted by atomic mass is 32.2. The first-order chi connectivity index (χ1) is 15.2. The standard InChI is InChI=1S/C24H23N3O3S/c1-29-15-14-27-23(28)22(31-24(27)25-19-8-10-21(30-2)11-9-19)16-18-12-13-26(17-18)20-6-4-3-5-7-20/h3-13,16-17H,14-15H2,1-2H3/b22-16+,25-24?. The van der Waals surface area contributed by atoms with Crippen LogP contribution in [0.1, 0.15) is 5.56 Å². The average Bonchev–Trinajstić information content (AvgIpc) is 3.39. The van der Waals surface area contributed by atoms with Gasteiger partial charge in [0.05, 0.1) is 30.9 Å². The van der Waals surface area contributed by atoms with Crippen LogP contribution >= 0.6 is 11.8 Å². The quantitative estimate of drug-likeness (QED) is 0.505. The number of thioether (sulfide) groups is 1. The Balaban J connectivity index is 1.60. The van der Waals surface area contributed by atoms with Crippen LogP contribution in [0.25, 0.3) is 11.8 Å². The maximum absolute atomic E-state index is 13.1. The smallest absolute Gasteiger partial charge is 0.266 e. The third-order valence-corrected chi connectivity index (χ3v) is 5.78. The fourth-order valence-corrected chi connectivity index (χ4v) is 4.17. The number of ether oxygens (including phenoxy) is 2. The van der Waals surface area contributed by atoms with Crippen LogP contribution in [0.3, 0.4) is 0 Å². The summed E-state index contributed by atoms with van der Waals surface area (Å²) in [6, 6.07) is 19.5. The van der Waals surface area contributed by atoms with E-state index in [-0.39, 0.29) is 5.91 Å². The molecule has 1 aliphatic rings. The van der Waals surface area contributed by atoms with Crippen LogP contribution in [0, 0.1) is 0 Å². The molecule has 4 rings (SSSR count). The van der Waals surface area contributed by atoms with Crippen LogP contribution in [-0.4, -0.2) is 47.9 Å². The maximum atomic E-state index is 13.1. The fraction of sp³-hybridized carbons (Fsp3) is 0.167. The van der Waals surface area contributed by atoms with E-state index in [0.29, 0.717) is 23.2 Å². The van der Waals surface area contributed by atoms with Gasteiger partial charge >= 0.3 is 0 Å². The summed E-state index contributed by atoms with van der Waals surface area (Å²) in [7, 11) is 3.25. The Hall–Kier alpha value is -3.29. The summed E-state index contributed by atoms with van der Waals surface area (Å²) in [4.78, 5) is 20.1. The van der Waals surface area contributed by atoms with E-state index in [1.54, 1.807) is 19.1 Å². The van der Waals surface area contributed by atoms with Gasteiger partial charge in [0, 0.05) is 25.2 Å². The summed E-state index contributed by atoms with van der Waals surface area (Å²) in [5.41, 5.74) is 2.79. The number of methoxy groups -OCH3 is 2. The number of para-hydroxylation sites is 1. The number of aromatic nitrogens is 1. The number of benzene rings is 2. The van der Waals surface area contributed by atoms with Gasteiger partial charge in [-0.25, -0.2) is 4.99 Å². The number of hydrogen-bond acceptors (Lipinski definition) is 5. The van der Waals surface area contributed by atoms with Crippen LogP contribution in [0.2, 0.25) is 0 Å². The summed E-state index contributed by atoms with van der Waals surface area (Å²) >= 11 is 1.37. The normalized spacial score (nSPS) is 16.5. The molecule has 0 radical (unpaired) electrons. The van der Waals surface area contributed by atoms with E-state index in [1.807, 2.05) is 83.7 Å². The first-order valence-corrected chi connectivity index (χ1v) is 10.7. The molecule has 2 heterocycles. The molecule has 0 atom stereocenters. The van der Waals surface area contributed by atoms with Crippen molar-refractivity contribution >= 4 is 34.6 Å². The van der Waals surface area contributed by atoms with Gasteiger partial charge in [0.1, 0.15) is 5.75 Å². The van der Waals surface area contributed by atoms with E-state index in [2.05, 4.69) is 0 Å². The van der Waals surface area contributed by atoms with E-state index < -0.39 is 0 Å². The lowest BCUT2D eigenvalue weighted by molar-refractivity contribution is -0.122. The number of amidine groups is 1. The molecule has 1 saturated heterocycles. The zero-order valence-electron chi connectivity index (χ0n) is 17.4. The molecule has 7 heteroatoms. The highest BCUT2D eigenvalue weighted by molar-refractivity contribution is 8.18. The second-order valence-electron chi connectivity index (χ2n) is 6.84. The van der Waals surface area contributed by atoms with Crippen molar-refractivity contribution in [2.45, 2.75) is 0 Å². The molecule has 0 unspecified atom stereocenters. The monoisotopic (exact) mass is 433 g/mol. The van der Waals surface area contributed by atoms with Crippen LogP contribution in [0.15, 0.2) is 83.0 Å². The van der Waals surface area contributed by atoms with Crippen molar-refractivity contribution in [1.82, 2.24) is 9.47 Å².